The number of ether oxygens (including phenoxy) is 1. The Morgan fingerprint density at radius 2 is 1.95 bits per heavy atom. The fourth-order valence-electron chi connectivity index (χ4n) is 1.70. The van der Waals surface area contributed by atoms with Crippen molar-refractivity contribution >= 4 is 34.9 Å². The molecule has 0 aromatic heterocycles. The molecule has 0 heterocycles. The fourth-order valence-corrected chi connectivity index (χ4v) is 2.13. The maximum absolute atomic E-state index is 11.5. The second-order valence-corrected chi connectivity index (χ2v) is 6.09. The van der Waals surface area contributed by atoms with E-state index in [1.807, 2.05) is 20.8 Å². The summed E-state index contributed by atoms with van der Waals surface area (Å²) in [5.74, 6) is -0.518. The number of hydrogen-bond acceptors (Lipinski definition) is 4. The zero-order chi connectivity index (χ0) is 14.8. The molecule has 0 bridgehead atoms. The minimum atomic E-state index is -0.616. The number of halogens is 2. The first kappa shape index (κ1) is 16.1. The molecule has 6 heteroatoms. The average Bonchev–Trinajstić information content (AvgIpc) is 2.31. The van der Waals surface area contributed by atoms with Crippen molar-refractivity contribution < 1.29 is 9.53 Å². The van der Waals surface area contributed by atoms with Gasteiger partial charge in [-0.25, -0.2) is 0 Å². The number of anilines is 1. The van der Waals surface area contributed by atoms with Crippen LogP contribution >= 0.6 is 23.2 Å². The molecule has 0 radical (unpaired) electrons. The van der Waals surface area contributed by atoms with E-state index < -0.39 is 17.5 Å². The molecular formula is C13H18Cl2N2O2. The van der Waals surface area contributed by atoms with Crippen LogP contribution < -0.4 is 11.5 Å². The second kappa shape index (κ2) is 5.99. The minimum Gasteiger partial charge on any atom is -0.456 e. The summed E-state index contributed by atoms with van der Waals surface area (Å²) in [5.41, 5.74) is 11.8. The monoisotopic (exact) mass is 304 g/mol. The molecule has 0 saturated heterocycles. The molecule has 1 aromatic rings. The van der Waals surface area contributed by atoms with Crippen LogP contribution in [0.15, 0.2) is 12.1 Å². The summed E-state index contributed by atoms with van der Waals surface area (Å²) in [6.07, 6.45) is -0.616. The van der Waals surface area contributed by atoms with Crippen molar-refractivity contribution in [1.29, 1.82) is 0 Å². The van der Waals surface area contributed by atoms with Gasteiger partial charge in [-0.1, -0.05) is 44.0 Å². The van der Waals surface area contributed by atoms with Gasteiger partial charge in [0.2, 0.25) is 0 Å². The van der Waals surface area contributed by atoms with Gasteiger partial charge in [-0.2, -0.15) is 0 Å². The summed E-state index contributed by atoms with van der Waals surface area (Å²) in [4.78, 5) is 11.5. The molecule has 0 spiro atoms. The summed E-state index contributed by atoms with van der Waals surface area (Å²) in [7, 11) is 0. The lowest BCUT2D eigenvalue weighted by molar-refractivity contribution is -0.153. The normalized spacial score (nSPS) is 13.2. The highest BCUT2D eigenvalue weighted by Gasteiger charge is 2.33. The van der Waals surface area contributed by atoms with Gasteiger partial charge < -0.3 is 16.2 Å². The number of rotatable bonds is 3. The van der Waals surface area contributed by atoms with Crippen molar-refractivity contribution in [3.05, 3.63) is 27.7 Å². The Bertz CT molecular complexity index is 484. The fraction of sp³-hybridized carbons (Fsp3) is 0.462. The molecule has 0 aliphatic carbocycles. The maximum Gasteiger partial charge on any atom is 0.320 e. The first-order valence-corrected chi connectivity index (χ1v) is 6.57. The first-order valence-electron chi connectivity index (χ1n) is 5.81. The summed E-state index contributed by atoms with van der Waals surface area (Å²) in [6, 6.07) is 3.24. The van der Waals surface area contributed by atoms with Crippen LogP contribution in [0.3, 0.4) is 0 Å². The predicted molar refractivity (Wildman–Crippen MR) is 78.2 cm³/mol. The van der Waals surface area contributed by atoms with E-state index in [0.717, 1.165) is 0 Å². The Kier molecular flexibility index (Phi) is 5.07. The van der Waals surface area contributed by atoms with Crippen LogP contribution in [0.1, 0.15) is 32.4 Å². The molecule has 4 N–H and O–H groups in total. The third-order valence-electron chi connectivity index (χ3n) is 2.63. The van der Waals surface area contributed by atoms with Crippen molar-refractivity contribution in [2.45, 2.75) is 26.9 Å². The number of nitrogen functional groups attached to an aromatic ring is 1. The predicted octanol–water partition coefficient (Wildman–Crippen LogP) is 3.16. The lowest BCUT2D eigenvalue weighted by atomic mass is 9.84. The summed E-state index contributed by atoms with van der Waals surface area (Å²) in [6.45, 7) is 5.54. The number of benzene rings is 1. The van der Waals surface area contributed by atoms with Gasteiger partial charge >= 0.3 is 5.97 Å². The Morgan fingerprint density at radius 3 is 2.42 bits per heavy atom. The number of hydrogen-bond donors (Lipinski definition) is 2. The molecule has 0 amide bonds. The molecule has 19 heavy (non-hydrogen) atoms. The van der Waals surface area contributed by atoms with Crippen LogP contribution in [-0.2, 0) is 9.53 Å². The topological polar surface area (TPSA) is 78.3 Å². The molecule has 1 atom stereocenters. The molecule has 1 unspecified atom stereocenters. The van der Waals surface area contributed by atoms with E-state index in [-0.39, 0.29) is 6.54 Å². The number of nitrogens with two attached hydrogens (primary N) is 2. The van der Waals surface area contributed by atoms with Gasteiger partial charge in [0.25, 0.3) is 0 Å². The van der Waals surface area contributed by atoms with Crippen LogP contribution in [0.2, 0.25) is 10.0 Å². The quantitative estimate of drug-likeness (QED) is 0.664. The Balaban J connectivity index is 3.33. The van der Waals surface area contributed by atoms with E-state index in [0.29, 0.717) is 21.3 Å². The second-order valence-electron chi connectivity index (χ2n) is 5.30. The van der Waals surface area contributed by atoms with Crippen molar-refractivity contribution in [3.63, 3.8) is 0 Å². The van der Waals surface area contributed by atoms with E-state index in [1.165, 1.54) is 0 Å². The van der Waals surface area contributed by atoms with E-state index >= 15 is 0 Å². The van der Waals surface area contributed by atoms with E-state index in [4.69, 9.17) is 39.4 Å². The Hall–Kier alpha value is -0.970. The highest BCUT2D eigenvalue weighted by molar-refractivity contribution is 6.42. The summed E-state index contributed by atoms with van der Waals surface area (Å²) >= 11 is 12.2. The van der Waals surface area contributed by atoms with Gasteiger partial charge in [-0.05, 0) is 12.1 Å². The molecule has 1 aromatic carbocycles. The number of carbonyl (C=O) groups excluding carboxylic acids is 1. The van der Waals surface area contributed by atoms with Crippen molar-refractivity contribution in [3.8, 4) is 0 Å². The van der Waals surface area contributed by atoms with Gasteiger partial charge in [0.1, 0.15) is 6.10 Å². The molecule has 0 saturated carbocycles. The van der Waals surface area contributed by atoms with Gasteiger partial charge in [0, 0.05) is 16.7 Å². The molecule has 4 nitrogen and oxygen atoms in total. The van der Waals surface area contributed by atoms with E-state index in [1.54, 1.807) is 12.1 Å². The first-order chi connectivity index (χ1) is 8.68. The third kappa shape index (κ3) is 3.75. The molecule has 1 rings (SSSR count). The van der Waals surface area contributed by atoms with Crippen molar-refractivity contribution in [1.82, 2.24) is 0 Å². The smallest absolute Gasteiger partial charge is 0.320 e. The molecule has 106 valence electrons. The molecule has 0 aliphatic rings. The van der Waals surface area contributed by atoms with Crippen LogP contribution in [-0.4, -0.2) is 12.5 Å². The third-order valence-corrected chi connectivity index (χ3v) is 3.45. The van der Waals surface area contributed by atoms with Gasteiger partial charge in [-0.15, -0.1) is 0 Å². The zero-order valence-corrected chi connectivity index (χ0v) is 12.7. The lowest BCUT2D eigenvalue weighted by Crippen LogP contribution is -2.28. The molecular weight excluding hydrogens is 287 g/mol. The molecule has 0 aliphatic heterocycles. The van der Waals surface area contributed by atoms with E-state index in [9.17, 15) is 4.79 Å². The van der Waals surface area contributed by atoms with Crippen LogP contribution in [0.25, 0.3) is 0 Å². The highest BCUT2D eigenvalue weighted by Crippen LogP contribution is 2.44. The van der Waals surface area contributed by atoms with Crippen molar-refractivity contribution in [2.75, 3.05) is 12.3 Å². The minimum absolute atomic E-state index is 0.204. The zero-order valence-electron chi connectivity index (χ0n) is 11.2. The Labute approximate surface area is 123 Å². The average molecular weight is 305 g/mol. The van der Waals surface area contributed by atoms with Gasteiger partial charge in [0.05, 0.1) is 16.6 Å². The van der Waals surface area contributed by atoms with Crippen LogP contribution in [0.5, 0.6) is 0 Å². The Morgan fingerprint density at radius 1 is 1.37 bits per heavy atom. The summed E-state index contributed by atoms with van der Waals surface area (Å²) in [5, 5.41) is 0.662. The van der Waals surface area contributed by atoms with Crippen molar-refractivity contribution in [2.24, 2.45) is 11.1 Å². The number of esters is 1. The van der Waals surface area contributed by atoms with Gasteiger partial charge in [-0.3, -0.25) is 4.79 Å². The maximum atomic E-state index is 11.5. The van der Waals surface area contributed by atoms with Gasteiger partial charge in [0.15, 0.2) is 0 Å². The largest absolute Gasteiger partial charge is 0.456 e. The number of carbonyl (C=O) groups is 1. The lowest BCUT2D eigenvalue weighted by Gasteiger charge is -2.32. The van der Waals surface area contributed by atoms with E-state index in [2.05, 4.69) is 0 Å². The standard InChI is InChI=1S/C13H18Cl2N2O2/c1-13(2,3)12(19-9(18)6-16)10-8(17)5-4-7(14)11(10)15/h4-5,12H,6,16-17H2,1-3H3. The molecule has 0 fully saturated rings. The highest BCUT2D eigenvalue weighted by atomic mass is 35.5. The SMILES string of the molecule is CC(C)(C)C(OC(=O)CN)c1c(N)ccc(Cl)c1Cl. The van der Waals surface area contributed by atoms with Crippen LogP contribution in [0.4, 0.5) is 5.69 Å². The summed E-state index contributed by atoms with van der Waals surface area (Å²) < 4.78 is 5.38. The van der Waals surface area contributed by atoms with Crippen LogP contribution in [0, 0.1) is 5.41 Å².